The monoisotopic (exact) mass is 381 g/mol. The van der Waals surface area contributed by atoms with E-state index in [-0.39, 0.29) is 5.75 Å². The van der Waals surface area contributed by atoms with E-state index in [4.69, 9.17) is 5.73 Å². The van der Waals surface area contributed by atoms with Crippen molar-refractivity contribution < 1.29 is 29.7 Å². The number of carboxylic acids is 1. The molecule has 1 aromatic rings. The Morgan fingerprint density at radius 2 is 1.88 bits per heavy atom. The highest BCUT2D eigenvalue weighted by atomic mass is 32.2. The molecule has 0 unspecified atom stereocenters. The predicted octanol–water partition coefficient (Wildman–Crippen LogP) is -0.656. The summed E-state index contributed by atoms with van der Waals surface area (Å²) in [6, 6.07) is 3.73. The van der Waals surface area contributed by atoms with Crippen molar-refractivity contribution in [2.45, 2.75) is 41.8 Å². The maximum Gasteiger partial charge on any atom is 0.358 e. The van der Waals surface area contributed by atoms with E-state index in [9.17, 15) is 29.7 Å². The topological polar surface area (TPSA) is 153 Å². The molecule has 0 aliphatic carbocycles. The number of thioether (sulfide) groups is 1. The standard InChI is InChI=1S/C16H19N3O6S/c1-15(2)16(25,14(23)24)19-12(22)10(13(19)26-15)18-11(21)9(17)7-3-5-8(20)6-4-7/h3-6,9-10,13,20,25H,17H2,1-2H3,(H,18,21)(H,23,24)/t9-,10-,13-,16+/m1/s1. The number of aliphatic hydroxyl groups is 1. The molecular formula is C16H19N3O6S. The Morgan fingerprint density at radius 1 is 1.31 bits per heavy atom. The largest absolute Gasteiger partial charge is 0.508 e. The molecule has 2 aliphatic heterocycles. The summed E-state index contributed by atoms with van der Waals surface area (Å²) in [6.45, 7) is 3.05. The number of nitrogens with zero attached hydrogens (tertiary/aromatic N) is 1. The summed E-state index contributed by atoms with van der Waals surface area (Å²) in [4.78, 5) is 37.2. The van der Waals surface area contributed by atoms with Crippen molar-refractivity contribution in [3.8, 4) is 5.75 Å². The molecule has 140 valence electrons. The number of benzene rings is 1. The highest BCUT2D eigenvalue weighted by Crippen LogP contribution is 2.55. The molecule has 26 heavy (non-hydrogen) atoms. The summed E-state index contributed by atoms with van der Waals surface area (Å²) in [5, 5.41) is 31.0. The van der Waals surface area contributed by atoms with Gasteiger partial charge in [0.05, 0.1) is 4.75 Å². The van der Waals surface area contributed by atoms with Gasteiger partial charge < -0.3 is 26.4 Å². The Balaban J connectivity index is 1.75. The SMILES string of the molecule is CC1(C)S[C@@H]2[C@H](NC(=O)[C@H](N)c3ccc(O)cc3)C(=O)N2[C@]1(O)C(=O)O. The lowest BCUT2D eigenvalue weighted by Crippen LogP contribution is -2.75. The molecule has 0 saturated carbocycles. The normalized spacial score (nSPS) is 30.3. The minimum atomic E-state index is -2.35. The summed E-state index contributed by atoms with van der Waals surface area (Å²) < 4.78 is -1.16. The lowest BCUT2D eigenvalue weighted by molar-refractivity contribution is -0.204. The van der Waals surface area contributed by atoms with E-state index in [2.05, 4.69) is 5.32 Å². The van der Waals surface area contributed by atoms with Crippen LogP contribution in [0.5, 0.6) is 5.75 Å². The molecule has 1 aromatic carbocycles. The average molecular weight is 381 g/mol. The quantitative estimate of drug-likeness (QED) is 0.431. The summed E-state index contributed by atoms with van der Waals surface area (Å²) >= 11 is 1.10. The Labute approximate surface area is 153 Å². The van der Waals surface area contributed by atoms with E-state index < -0.39 is 45.7 Å². The first-order valence-corrected chi connectivity index (χ1v) is 8.70. The van der Waals surface area contributed by atoms with Crippen molar-refractivity contribution in [1.82, 2.24) is 10.2 Å². The van der Waals surface area contributed by atoms with Gasteiger partial charge in [0.1, 0.15) is 23.2 Å². The molecule has 0 bridgehead atoms. The van der Waals surface area contributed by atoms with Crippen LogP contribution in [-0.4, -0.2) is 59.9 Å². The first-order valence-electron chi connectivity index (χ1n) is 7.82. The third kappa shape index (κ3) is 2.44. The minimum absolute atomic E-state index is 0.0312. The van der Waals surface area contributed by atoms with Crippen LogP contribution in [0.25, 0.3) is 0 Å². The Hall–Kier alpha value is -2.30. The van der Waals surface area contributed by atoms with Crippen molar-refractivity contribution in [3.63, 3.8) is 0 Å². The van der Waals surface area contributed by atoms with Crippen molar-refractivity contribution in [2.24, 2.45) is 5.73 Å². The van der Waals surface area contributed by atoms with Gasteiger partial charge in [-0.1, -0.05) is 12.1 Å². The van der Waals surface area contributed by atoms with Crippen molar-refractivity contribution in [3.05, 3.63) is 29.8 Å². The van der Waals surface area contributed by atoms with Crippen LogP contribution in [0.3, 0.4) is 0 Å². The van der Waals surface area contributed by atoms with Gasteiger partial charge in [0.25, 0.3) is 11.6 Å². The van der Waals surface area contributed by atoms with Gasteiger partial charge in [0, 0.05) is 0 Å². The van der Waals surface area contributed by atoms with Crippen LogP contribution >= 0.6 is 11.8 Å². The van der Waals surface area contributed by atoms with Gasteiger partial charge in [-0.3, -0.25) is 14.5 Å². The van der Waals surface area contributed by atoms with E-state index in [1.807, 2.05) is 0 Å². The highest BCUT2D eigenvalue weighted by Gasteiger charge is 2.73. The second-order valence-electron chi connectivity index (χ2n) is 6.76. The van der Waals surface area contributed by atoms with Crippen LogP contribution in [-0.2, 0) is 14.4 Å². The van der Waals surface area contributed by atoms with Crippen LogP contribution < -0.4 is 11.1 Å². The number of rotatable bonds is 4. The lowest BCUT2D eigenvalue weighted by Gasteiger charge is -2.47. The fraction of sp³-hybridized carbons (Fsp3) is 0.438. The number of aliphatic carboxylic acids is 1. The zero-order valence-corrected chi connectivity index (χ0v) is 14.9. The van der Waals surface area contributed by atoms with Gasteiger partial charge in [0.15, 0.2) is 0 Å². The van der Waals surface area contributed by atoms with Crippen LogP contribution in [0, 0.1) is 0 Å². The zero-order chi connectivity index (χ0) is 19.4. The Morgan fingerprint density at radius 3 is 2.42 bits per heavy atom. The van der Waals surface area contributed by atoms with Crippen LogP contribution in [0.1, 0.15) is 25.5 Å². The molecule has 2 aliphatic rings. The molecule has 0 aromatic heterocycles. The van der Waals surface area contributed by atoms with E-state index in [0.29, 0.717) is 5.56 Å². The number of carbonyl (C=O) groups is 3. The number of β-lactam (4-membered cyclic amide) rings is 1. The summed E-state index contributed by atoms with van der Waals surface area (Å²) in [5.74, 6) is -2.78. The van der Waals surface area contributed by atoms with Crippen LogP contribution in [0.2, 0.25) is 0 Å². The molecular weight excluding hydrogens is 362 g/mol. The number of phenols is 1. The molecule has 3 rings (SSSR count). The molecule has 4 atom stereocenters. The maximum atomic E-state index is 12.4. The van der Waals surface area contributed by atoms with Crippen molar-refractivity contribution >= 4 is 29.5 Å². The number of hydrogen-bond acceptors (Lipinski definition) is 7. The highest BCUT2D eigenvalue weighted by molar-refractivity contribution is 8.01. The van der Waals surface area contributed by atoms with E-state index >= 15 is 0 Å². The third-order valence-corrected chi connectivity index (χ3v) is 6.38. The molecule has 2 heterocycles. The summed E-state index contributed by atoms with van der Waals surface area (Å²) in [6.07, 6.45) is 0. The molecule has 9 nitrogen and oxygen atoms in total. The zero-order valence-electron chi connectivity index (χ0n) is 14.0. The molecule has 2 amide bonds. The van der Waals surface area contributed by atoms with Crippen molar-refractivity contribution in [2.75, 3.05) is 0 Å². The number of hydrogen-bond donors (Lipinski definition) is 5. The maximum absolute atomic E-state index is 12.4. The molecule has 0 radical (unpaired) electrons. The van der Waals surface area contributed by atoms with Gasteiger partial charge in [-0.2, -0.15) is 0 Å². The van der Waals surface area contributed by atoms with Gasteiger partial charge >= 0.3 is 5.97 Å². The number of amides is 2. The first kappa shape index (κ1) is 18.5. The Kier molecular flexibility index (Phi) is 4.17. The van der Waals surface area contributed by atoms with Crippen LogP contribution in [0.15, 0.2) is 24.3 Å². The smallest absolute Gasteiger partial charge is 0.358 e. The molecule has 2 fully saturated rings. The number of nitrogens with two attached hydrogens (primary N) is 1. The van der Waals surface area contributed by atoms with E-state index in [1.165, 1.54) is 38.1 Å². The fourth-order valence-corrected chi connectivity index (χ4v) is 4.81. The van der Waals surface area contributed by atoms with Gasteiger partial charge in [-0.25, -0.2) is 4.79 Å². The van der Waals surface area contributed by atoms with Gasteiger partial charge in [0.2, 0.25) is 5.91 Å². The predicted molar refractivity (Wildman–Crippen MR) is 91.9 cm³/mol. The van der Waals surface area contributed by atoms with Crippen molar-refractivity contribution in [1.29, 1.82) is 0 Å². The molecule has 0 spiro atoms. The molecule has 10 heteroatoms. The number of aromatic hydroxyl groups is 1. The summed E-state index contributed by atoms with van der Waals surface area (Å²) in [7, 11) is 0. The third-order valence-electron chi connectivity index (χ3n) is 4.78. The number of carboxylic acid groups (broad SMARTS) is 1. The second-order valence-corrected chi connectivity index (χ2v) is 8.50. The summed E-state index contributed by atoms with van der Waals surface area (Å²) in [5.41, 5.74) is 3.99. The van der Waals surface area contributed by atoms with E-state index in [1.54, 1.807) is 0 Å². The number of nitrogens with one attached hydrogen (secondary N) is 1. The Bertz CT molecular complexity index is 783. The number of phenolic OH excluding ortho intramolecular Hbond substituents is 1. The molecule has 6 N–H and O–H groups in total. The second kappa shape index (κ2) is 5.86. The van der Waals surface area contributed by atoms with Gasteiger partial charge in [-0.15, -0.1) is 11.8 Å². The minimum Gasteiger partial charge on any atom is -0.508 e. The number of fused-ring (bicyclic) bond motifs is 1. The average Bonchev–Trinajstić information content (AvgIpc) is 2.77. The van der Waals surface area contributed by atoms with Gasteiger partial charge in [-0.05, 0) is 31.5 Å². The van der Waals surface area contributed by atoms with Crippen LogP contribution in [0.4, 0.5) is 0 Å². The lowest BCUT2D eigenvalue weighted by atomic mass is 9.91. The molecule has 2 saturated heterocycles. The fourth-order valence-electron chi connectivity index (χ4n) is 3.17. The van der Waals surface area contributed by atoms with E-state index in [0.717, 1.165) is 16.7 Å². The first-order chi connectivity index (χ1) is 12.0. The number of carbonyl (C=O) groups excluding carboxylic acids is 2.